The molecule has 0 spiro atoms. The van der Waals surface area contributed by atoms with E-state index in [4.69, 9.17) is 4.42 Å². The number of furan rings is 1. The van der Waals surface area contributed by atoms with Crippen LogP contribution in [0.1, 0.15) is 0 Å². The molecule has 2 heterocycles. The first-order valence-electron chi connectivity index (χ1n) is 15.5. The number of benzene rings is 7. The Morgan fingerprint density at radius 1 is 0.435 bits per heavy atom. The zero-order valence-corrected chi connectivity index (χ0v) is 25.0. The third kappa shape index (κ3) is 4.41. The van der Waals surface area contributed by atoms with Crippen LogP contribution >= 0.6 is 0 Å². The van der Waals surface area contributed by atoms with E-state index < -0.39 is 0 Å². The highest BCUT2D eigenvalue weighted by molar-refractivity contribution is 6.22. The molecule has 216 valence electrons. The molecule has 0 aliphatic carbocycles. The Kier molecular flexibility index (Phi) is 6.14. The van der Waals surface area contributed by atoms with Crippen molar-refractivity contribution in [1.82, 2.24) is 4.98 Å². The molecule has 0 saturated heterocycles. The molecule has 0 saturated carbocycles. The minimum Gasteiger partial charge on any atom is -0.454 e. The summed E-state index contributed by atoms with van der Waals surface area (Å²) >= 11 is 0. The smallest absolute Gasteiger partial charge is 0.153 e. The number of fused-ring (bicyclic) bond motifs is 7. The maximum Gasteiger partial charge on any atom is 0.153 e. The normalized spacial score (nSPS) is 11.5. The van der Waals surface area contributed by atoms with Gasteiger partial charge >= 0.3 is 0 Å². The van der Waals surface area contributed by atoms with Crippen LogP contribution in [-0.2, 0) is 0 Å². The van der Waals surface area contributed by atoms with Crippen LogP contribution in [0.5, 0.6) is 0 Å². The molecule has 46 heavy (non-hydrogen) atoms. The monoisotopic (exact) mass is 588 g/mol. The van der Waals surface area contributed by atoms with Crippen LogP contribution in [0, 0.1) is 0 Å². The summed E-state index contributed by atoms with van der Waals surface area (Å²) in [4.78, 5) is 6.94. The van der Waals surface area contributed by atoms with E-state index in [1.165, 1.54) is 22.3 Å². The minimum absolute atomic E-state index is 0.808. The summed E-state index contributed by atoms with van der Waals surface area (Å²) in [7, 11) is 0. The van der Waals surface area contributed by atoms with Crippen molar-refractivity contribution >= 4 is 60.7 Å². The fraction of sp³-hybridized carbons (Fsp3) is 0. The van der Waals surface area contributed by atoms with E-state index in [2.05, 4.69) is 162 Å². The largest absolute Gasteiger partial charge is 0.454 e. The van der Waals surface area contributed by atoms with Gasteiger partial charge in [0.15, 0.2) is 5.58 Å². The highest BCUT2D eigenvalue weighted by atomic mass is 16.3. The highest BCUT2D eigenvalue weighted by Crippen LogP contribution is 2.41. The van der Waals surface area contributed by atoms with E-state index >= 15 is 0 Å². The lowest BCUT2D eigenvalue weighted by molar-refractivity contribution is 0.672. The summed E-state index contributed by atoms with van der Waals surface area (Å²) in [6, 6.07) is 58.0. The lowest BCUT2D eigenvalue weighted by Crippen LogP contribution is -2.09. The van der Waals surface area contributed by atoms with Crippen molar-refractivity contribution in [2.24, 2.45) is 0 Å². The third-order valence-corrected chi connectivity index (χ3v) is 8.90. The number of hydrogen-bond acceptors (Lipinski definition) is 3. The Balaban J connectivity index is 1.20. The molecule has 0 aliphatic heterocycles. The van der Waals surface area contributed by atoms with E-state index in [1.807, 2.05) is 18.3 Å². The van der Waals surface area contributed by atoms with E-state index in [9.17, 15) is 0 Å². The summed E-state index contributed by atoms with van der Waals surface area (Å²) in [6.45, 7) is 0. The maximum absolute atomic E-state index is 6.41. The Morgan fingerprint density at radius 2 is 0.978 bits per heavy atom. The summed E-state index contributed by atoms with van der Waals surface area (Å²) in [6.07, 6.45) is 1.82. The van der Waals surface area contributed by atoms with Crippen molar-refractivity contribution < 1.29 is 4.42 Å². The van der Waals surface area contributed by atoms with Gasteiger partial charge in [0.2, 0.25) is 0 Å². The molecule has 3 heteroatoms. The molecule has 0 amide bonds. The molecular formula is C43H28N2O. The standard InChI is InChI=1S/C43H28N2O/c1-3-8-29(9-4-1)31-15-20-35(21-16-31)45(36-22-17-32(18-23-36)30-10-5-2-6-11-30)37-24-26-38-34(28-37)14-13-33-19-25-39-42-40(12-7-27-44-42)46-43(39)41(33)38/h1-28H. The zero-order chi connectivity index (χ0) is 30.5. The molecule has 2 aromatic heterocycles. The number of anilines is 3. The predicted molar refractivity (Wildman–Crippen MR) is 192 cm³/mol. The molecular weight excluding hydrogens is 560 g/mol. The maximum atomic E-state index is 6.41. The summed E-state index contributed by atoms with van der Waals surface area (Å²) < 4.78 is 6.41. The van der Waals surface area contributed by atoms with E-state index in [1.54, 1.807) is 0 Å². The molecule has 0 N–H and O–H groups in total. The van der Waals surface area contributed by atoms with Crippen molar-refractivity contribution in [3.05, 3.63) is 170 Å². The fourth-order valence-electron chi connectivity index (χ4n) is 6.64. The van der Waals surface area contributed by atoms with Crippen LogP contribution in [0.15, 0.2) is 174 Å². The van der Waals surface area contributed by atoms with Crippen molar-refractivity contribution in [2.45, 2.75) is 0 Å². The van der Waals surface area contributed by atoms with Crippen molar-refractivity contribution in [1.29, 1.82) is 0 Å². The second kappa shape index (κ2) is 10.8. The first-order valence-corrected chi connectivity index (χ1v) is 15.5. The van der Waals surface area contributed by atoms with Gasteiger partial charge in [-0.1, -0.05) is 109 Å². The van der Waals surface area contributed by atoms with Gasteiger partial charge in [-0.05, 0) is 93.0 Å². The highest BCUT2D eigenvalue weighted by Gasteiger charge is 2.17. The van der Waals surface area contributed by atoms with Gasteiger partial charge in [0.05, 0.1) is 0 Å². The lowest BCUT2D eigenvalue weighted by atomic mass is 9.99. The Hall–Kier alpha value is -6.19. The molecule has 0 bridgehead atoms. The van der Waals surface area contributed by atoms with Gasteiger partial charge in [-0.25, -0.2) is 0 Å². The van der Waals surface area contributed by atoms with Gasteiger partial charge in [0.1, 0.15) is 11.1 Å². The first-order chi connectivity index (χ1) is 22.8. The molecule has 9 rings (SSSR count). The van der Waals surface area contributed by atoms with Gasteiger partial charge in [-0.2, -0.15) is 0 Å². The van der Waals surface area contributed by atoms with Gasteiger partial charge in [0, 0.05) is 34.0 Å². The van der Waals surface area contributed by atoms with Gasteiger partial charge in [-0.15, -0.1) is 0 Å². The SMILES string of the molecule is c1ccc(-c2ccc(N(c3ccc(-c4ccccc4)cc3)c3ccc4c(ccc5ccc6c7ncccc7oc6c54)c3)cc2)cc1. The fourth-order valence-corrected chi connectivity index (χ4v) is 6.64. The third-order valence-electron chi connectivity index (χ3n) is 8.90. The average molecular weight is 589 g/mol. The van der Waals surface area contributed by atoms with Gasteiger partial charge < -0.3 is 9.32 Å². The number of pyridine rings is 1. The lowest BCUT2D eigenvalue weighted by Gasteiger charge is -2.26. The Morgan fingerprint density at radius 3 is 1.63 bits per heavy atom. The number of hydrogen-bond donors (Lipinski definition) is 0. The first kappa shape index (κ1) is 26.2. The van der Waals surface area contributed by atoms with Gasteiger partial charge in [-0.3, -0.25) is 4.98 Å². The quantitative estimate of drug-likeness (QED) is 0.187. The summed E-state index contributed by atoms with van der Waals surface area (Å²) in [5.74, 6) is 0. The van der Waals surface area contributed by atoms with Crippen LogP contribution in [0.3, 0.4) is 0 Å². The topological polar surface area (TPSA) is 29.3 Å². The summed E-state index contributed by atoms with van der Waals surface area (Å²) in [5, 5.41) is 5.61. The second-order valence-electron chi connectivity index (χ2n) is 11.6. The van der Waals surface area contributed by atoms with E-state index in [-0.39, 0.29) is 0 Å². The van der Waals surface area contributed by atoms with Crippen LogP contribution in [0.4, 0.5) is 17.1 Å². The van der Waals surface area contributed by atoms with Crippen LogP contribution < -0.4 is 4.90 Å². The Labute approximate surface area is 266 Å². The second-order valence-corrected chi connectivity index (χ2v) is 11.6. The molecule has 0 atom stereocenters. The van der Waals surface area contributed by atoms with Gasteiger partial charge in [0.25, 0.3) is 0 Å². The Bertz CT molecular complexity index is 2420. The van der Waals surface area contributed by atoms with Crippen LogP contribution in [0.25, 0.3) is 65.9 Å². The van der Waals surface area contributed by atoms with Crippen molar-refractivity contribution in [3.8, 4) is 22.3 Å². The average Bonchev–Trinajstić information content (AvgIpc) is 3.52. The number of aromatic nitrogens is 1. The van der Waals surface area contributed by atoms with Crippen molar-refractivity contribution in [2.75, 3.05) is 4.90 Å². The molecule has 3 nitrogen and oxygen atoms in total. The number of nitrogens with zero attached hydrogens (tertiary/aromatic N) is 2. The molecule has 0 unspecified atom stereocenters. The van der Waals surface area contributed by atoms with Crippen LogP contribution in [-0.4, -0.2) is 4.98 Å². The summed E-state index contributed by atoms with van der Waals surface area (Å²) in [5.41, 5.74) is 10.7. The van der Waals surface area contributed by atoms with Crippen molar-refractivity contribution in [3.63, 3.8) is 0 Å². The molecule has 0 aliphatic rings. The molecule has 9 aromatic rings. The predicted octanol–water partition coefficient (Wildman–Crippen LogP) is 12.1. The minimum atomic E-state index is 0.808. The van der Waals surface area contributed by atoms with E-state index in [0.29, 0.717) is 0 Å². The van der Waals surface area contributed by atoms with Crippen LogP contribution in [0.2, 0.25) is 0 Å². The molecule has 7 aromatic carbocycles. The zero-order valence-electron chi connectivity index (χ0n) is 25.0. The molecule has 0 radical (unpaired) electrons. The molecule has 0 fully saturated rings. The van der Waals surface area contributed by atoms with E-state index in [0.717, 1.165) is 60.7 Å². The number of rotatable bonds is 5.